The fourth-order valence-electron chi connectivity index (χ4n) is 2.47. The molecule has 140 valence electrons. The van der Waals surface area contributed by atoms with Gasteiger partial charge < -0.3 is 0 Å². The van der Waals surface area contributed by atoms with Crippen molar-refractivity contribution in [3.8, 4) is 11.8 Å². The van der Waals surface area contributed by atoms with E-state index in [1.54, 1.807) is 24.3 Å². The number of nitrogens with zero attached hydrogens (tertiary/aromatic N) is 1. The number of benzene rings is 3. The van der Waals surface area contributed by atoms with Crippen molar-refractivity contribution in [1.82, 2.24) is 4.72 Å². The van der Waals surface area contributed by atoms with E-state index in [2.05, 4.69) is 16.6 Å². The number of nitro benzene ring substituents is 1. The van der Waals surface area contributed by atoms with E-state index in [1.165, 1.54) is 12.1 Å². The van der Waals surface area contributed by atoms with Gasteiger partial charge in [0.15, 0.2) is 0 Å². The van der Waals surface area contributed by atoms with Gasteiger partial charge in [0.2, 0.25) is 10.0 Å². The van der Waals surface area contributed by atoms with Crippen molar-refractivity contribution in [3.05, 3.63) is 106 Å². The Hall–Kier alpha value is -3.47. The molecule has 0 amide bonds. The molecule has 0 heterocycles. The predicted octanol–water partition coefficient (Wildman–Crippen LogP) is 3.67. The van der Waals surface area contributed by atoms with Gasteiger partial charge in [-0.05, 0) is 29.8 Å². The second kappa shape index (κ2) is 8.48. The van der Waals surface area contributed by atoms with Crippen LogP contribution in [0.3, 0.4) is 0 Å². The molecule has 0 bridgehead atoms. The first-order chi connectivity index (χ1) is 13.5. The number of nitro groups is 1. The number of nitrogens with one attached hydrogen (secondary N) is 1. The second-order valence-corrected chi connectivity index (χ2v) is 7.57. The van der Waals surface area contributed by atoms with Crippen LogP contribution in [0.5, 0.6) is 0 Å². The number of hydrogen-bond donors (Lipinski definition) is 1. The highest BCUT2D eigenvalue weighted by molar-refractivity contribution is 7.89. The minimum absolute atomic E-state index is 0.0689. The topological polar surface area (TPSA) is 89.3 Å². The van der Waals surface area contributed by atoms with Crippen molar-refractivity contribution >= 4 is 15.7 Å². The maximum Gasteiger partial charge on any atom is 0.269 e. The Bertz CT molecular complexity index is 1120. The first-order valence-electron chi connectivity index (χ1n) is 8.34. The fourth-order valence-corrected chi connectivity index (χ4v) is 3.61. The molecule has 3 rings (SSSR count). The van der Waals surface area contributed by atoms with Gasteiger partial charge in [-0.2, -0.15) is 4.72 Å². The second-order valence-electron chi connectivity index (χ2n) is 5.85. The molecule has 0 spiro atoms. The van der Waals surface area contributed by atoms with Gasteiger partial charge >= 0.3 is 0 Å². The first-order valence-corrected chi connectivity index (χ1v) is 9.82. The monoisotopic (exact) mass is 392 g/mol. The van der Waals surface area contributed by atoms with E-state index in [0.29, 0.717) is 5.56 Å². The van der Waals surface area contributed by atoms with Crippen LogP contribution in [0.25, 0.3) is 0 Å². The van der Waals surface area contributed by atoms with E-state index < -0.39 is 21.0 Å². The van der Waals surface area contributed by atoms with Crippen LogP contribution in [0, 0.1) is 22.0 Å². The Morgan fingerprint density at radius 2 is 1.43 bits per heavy atom. The zero-order valence-electron chi connectivity index (χ0n) is 14.6. The summed E-state index contributed by atoms with van der Waals surface area (Å²) in [6.45, 7) is 0. The van der Waals surface area contributed by atoms with E-state index in [1.807, 2.05) is 36.4 Å². The summed E-state index contributed by atoms with van der Waals surface area (Å²) in [5.41, 5.74) is 1.27. The highest BCUT2D eigenvalue weighted by Gasteiger charge is 2.21. The minimum Gasteiger partial charge on any atom is -0.258 e. The predicted molar refractivity (Wildman–Crippen MR) is 106 cm³/mol. The van der Waals surface area contributed by atoms with Crippen LogP contribution in [-0.4, -0.2) is 13.3 Å². The largest absolute Gasteiger partial charge is 0.269 e. The maximum atomic E-state index is 12.8. The molecule has 3 aromatic carbocycles. The molecule has 0 aromatic heterocycles. The molecule has 3 aromatic rings. The summed E-state index contributed by atoms with van der Waals surface area (Å²) >= 11 is 0. The maximum absolute atomic E-state index is 12.8. The van der Waals surface area contributed by atoms with Crippen molar-refractivity contribution < 1.29 is 13.3 Å². The smallest absolute Gasteiger partial charge is 0.258 e. The van der Waals surface area contributed by atoms with Crippen LogP contribution in [0.2, 0.25) is 0 Å². The van der Waals surface area contributed by atoms with Crippen LogP contribution < -0.4 is 4.72 Å². The van der Waals surface area contributed by atoms with E-state index in [-0.39, 0.29) is 10.6 Å². The van der Waals surface area contributed by atoms with Crippen molar-refractivity contribution in [2.24, 2.45) is 0 Å². The molecule has 0 aliphatic rings. The molecular weight excluding hydrogens is 376 g/mol. The Balaban J connectivity index is 1.92. The summed E-state index contributed by atoms with van der Waals surface area (Å²) in [7, 11) is -3.93. The molecule has 6 nitrogen and oxygen atoms in total. The molecule has 1 N–H and O–H groups in total. The van der Waals surface area contributed by atoms with Gasteiger partial charge in [-0.1, -0.05) is 60.4 Å². The van der Waals surface area contributed by atoms with Crippen LogP contribution >= 0.6 is 0 Å². The van der Waals surface area contributed by atoms with Gasteiger partial charge in [0.05, 0.1) is 9.82 Å². The summed E-state index contributed by atoms with van der Waals surface area (Å²) in [5, 5.41) is 10.8. The lowest BCUT2D eigenvalue weighted by molar-refractivity contribution is -0.384. The third kappa shape index (κ3) is 4.82. The Kier molecular flexibility index (Phi) is 5.84. The van der Waals surface area contributed by atoms with Crippen molar-refractivity contribution in [2.45, 2.75) is 10.9 Å². The highest BCUT2D eigenvalue weighted by Crippen LogP contribution is 2.19. The number of rotatable bonds is 5. The zero-order chi connectivity index (χ0) is 20.0. The molecule has 0 aliphatic carbocycles. The standard InChI is InChI=1S/C21H16N2O4S/c24-23(25)19-12-14-20(15-13-19)28(26,27)22-21(18-9-5-2-6-10-18)16-11-17-7-3-1-4-8-17/h1-10,12-15,21-22H. The minimum atomic E-state index is -3.93. The van der Waals surface area contributed by atoms with Gasteiger partial charge in [0, 0.05) is 17.7 Å². The van der Waals surface area contributed by atoms with Gasteiger partial charge in [-0.25, -0.2) is 8.42 Å². The molecule has 1 atom stereocenters. The van der Waals surface area contributed by atoms with E-state index in [0.717, 1.165) is 17.7 Å². The zero-order valence-corrected chi connectivity index (χ0v) is 15.5. The molecule has 28 heavy (non-hydrogen) atoms. The molecule has 7 heteroatoms. The summed E-state index contributed by atoms with van der Waals surface area (Å²) in [6.07, 6.45) is 0. The third-order valence-corrected chi connectivity index (χ3v) is 5.34. The van der Waals surface area contributed by atoms with Gasteiger partial charge in [0.25, 0.3) is 5.69 Å². The van der Waals surface area contributed by atoms with Crippen LogP contribution in [0.15, 0.2) is 89.8 Å². The molecular formula is C21H16N2O4S. The van der Waals surface area contributed by atoms with Crippen molar-refractivity contribution in [2.75, 3.05) is 0 Å². The van der Waals surface area contributed by atoms with Crippen molar-refractivity contribution in [3.63, 3.8) is 0 Å². The highest BCUT2D eigenvalue weighted by atomic mass is 32.2. The van der Waals surface area contributed by atoms with E-state index in [4.69, 9.17) is 0 Å². The number of hydrogen-bond acceptors (Lipinski definition) is 4. The third-order valence-electron chi connectivity index (χ3n) is 3.90. The quantitative estimate of drug-likeness (QED) is 0.408. The summed E-state index contributed by atoms with van der Waals surface area (Å²) in [6, 6.07) is 22.2. The fraction of sp³-hybridized carbons (Fsp3) is 0.0476. The number of non-ortho nitro benzene ring substituents is 1. The molecule has 0 radical (unpaired) electrons. The summed E-state index contributed by atoms with van der Waals surface area (Å²) in [4.78, 5) is 10.1. The van der Waals surface area contributed by atoms with Crippen LogP contribution in [0.1, 0.15) is 17.2 Å². The number of sulfonamides is 1. The molecule has 1 unspecified atom stereocenters. The van der Waals surface area contributed by atoms with E-state index >= 15 is 0 Å². The summed E-state index contributed by atoms with van der Waals surface area (Å²) in [5.74, 6) is 5.93. The van der Waals surface area contributed by atoms with Gasteiger partial charge in [-0.3, -0.25) is 10.1 Å². The average Bonchev–Trinajstić information content (AvgIpc) is 2.72. The average molecular weight is 392 g/mol. The lowest BCUT2D eigenvalue weighted by atomic mass is 10.1. The molecule has 0 saturated carbocycles. The lowest BCUT2D eigenvalue weighted by Gasteiger charge is -2.14. The van der Waals surface area contributed by atoms with Gasteiger partial charge in [-0.15, -0.1) is 0 Å². The molecule has 0 fully saturated rings. The summed E-state index contributed by atoms with van der Waals surface area (Å²) < 4.78 is 28.1. The van der Waals surface area contributed by atoms with Crippen molar-refractivity contribution in [1.29, 1.82) is 0 Å². The first kappa shape index (κ1) is 19.3. The van der Waals surface area contributed by atoms with E-state index in [9.17, 15) is 18.5 Å². The SMILES string of the molecule is O=[N+]([O-])c1ccc(S(=O)(=O)NC(C#Cc2ccccc2)c2ccccc2)cc1. The van der Waals surface area contributed by atoms with Gasteiger partial charge in [0.1, 0.15) is 6.04 Å². The van der Waals surface area contributed by atoms with Crippen LogP contribution in [0.4, 0.5) is 5.69 Å². The Morgan fingerprint density at radius 1 is 0.857 bits per heavy atom. The Morgan fingerprint density at radius 3 is 2.00 bits per heavy atom. The molecule has 0 aliphatic heterocycles. The van der Waals surface area contributed by atoms with Crippen LogP contribution in [-0.2, 0) is 10.0 Å². The Labute approximate surface area is 163 Å². The molecule has 0 saturated heterocycles. The normalized spacial score (nSPS) is 11.9. The lowest BCUT2D eigenvalue weighted by Crippen LogP contribution is -2.28.